The van der Waals surface area contributed by atoms with Gasteiger partial charge in [0.15, 0.2) is 0 Å². The number of nitrogens with one attached hydrogen (secondary N) is 2. The van der Waals surface area contributed by atoms with Crippen molar-refractivity contribution in [2.75, 3.05) is 6.54 Å². The van der Waals surface area contributed by atoms with Crippen molar-refractivity contribution in [1.82, 2.24) is 15.6 Å². The zero-order valence-electron chi connectivity index (χ0n) is 12.1. The number of carbonyl (C=O) groups is 1. The van der Waals surface area contributed by atoms with Crippen LogP contribution in [0, 0.1) is 0 Å². The van der Waals surface area contributed by atoms with Gasteiger partial charge in [0.1, 0.15) is 0 Å². The van der Waals surface area contributed by atoms with E-state index >= 15 is 0 Å². The summed E-state index contributed by atoms with van der Waals surface area (Å²) in [6.07, 6.45) is 13.1. The first-order chi connectivity index (χ1) is 9.84. The highest BCUT2D eigenvalue weighted by molar-refractivity contribution is 5.74. The number of pyridine rings is 1. The number of carbonyl (C=O) groups excluding carboxylic acids is 1. The van der Waals surface area contributed by atoms with E-state index in [9.17, 15) is 4.79 Å². The fourth-order valence-corrected chi connectivity index (χ4v) is 2.70. The molecule has 110 valence electrons. The number of amides is 2. The van der Waals surface area contributed by atoms with Gasteiger partial charge >= 0.3 is 6.03 Å². The normalized spacial score (nSPS) is 17.0. The maximum absolute atomic E-state index is 11.9. The summed E-state index contributed by atoms with van der Waals surface area (Å²) in [6, 6.07) is 4.28. The molecule has 4 nitrogen and oxygen atoms in total. The van der Waals surface area contributed by atoms with Crippen molar-refractivity contribution >= 4 is 6.03 Å². The number of aromatic nitrogens is 1. The zero-order valence-corrected chi connectivity index (χ0v) is 12.1. The predicted molar refractivity (Wildman–Crippen MR) is 80.6 cm³/mol. The van der Waals surface area contributed by atoms with Crippen LogP contribution in [-0.4, -0.2) is 23.6 Å². The molecule has 0 atom stereocenters. The van der Waals surface area contributed by atoms with Crippen molar-refractivity contribution in [2.45, 2.75) is 57.4 Å². The Hall–Kier alpha value is -1.58. The standard InChI is InChI=1S/C16H25N3O/c20-16(18-12-10-14-7-6-11-17-13-14)19-15-8-4-2-1-3-5-9-15/h6-7,11,13,15H,1-5,8-10,12H2,(H2,18,19,20). The van der Waals surface area contributed by atoms with Gasteiger partial charge in [0.2, 0.25) is 0 Å². The Morgan fingerprint density at radius 1 is 1.20 bits per heavy atom. The van der Waals surface area contributed by atoms with Crippen molar-refractivity contribution in [2.24, 2.45) is 0 Å². The molecule has 0 aliphatic heterocycles. The fraction of sp³-hybridized carbons (Fsp3) is 0.625. The topological polar surface area (TPSA) is 54.0 Å². The van der Waals surface area contributed by atoms with Crippen LogP contribution in [0.4, 0.5) is 4.79 Å². The molecule has 1 aromatic heterocycles. The Labute approximate surface area is 121 Å². The first-order valence-corrected chi connectivity index (χ1v) is 7.78. The molecule has 0 bridgehead atoms. The minimum absolute atomic E-state index is 0.0283. The molecule has 0 spiro atoms. The van der Waals surface area contributed by atoms with Gasteiger partial charge in [-0.25, -0.2) is 4.79 Å². The van der Waals surface area contributed by atoms with Crippen LogP contribution in [0.2, 0.25) is 0 Å². The number of rotatable bonds is 4. The zero-order chi connectivity index (χ0) is 14.0. The van der Waals surface area contributed by atoms with Crippen molar-refractivity contribution < 1.29 is 4.79 Å². The first kappa shape index (κ1) is 14.8. The summed E-state index contributed by atoms with van der Waals surface area (Å²) in [4.78, 5) is 15.9. The smallest absolute Gasteiger partial charge is 0.315 e. The summed E-state index contributed by atoms with van der Waals surface area (Å²) < 4.78 is 0. The largest absolute Gasteiger partial charge is 0.338 e. The summed E-state index contributed by atoms with van der Waals surface area (Å²) in [5.74, 6) is 0. The quantitative estimate of drug-likeness (QED) is 0.887. The highest BCUT2D eigenvalue weighted by Gasteiger charge is 2.13. The van der Waals surface area contributed by atoms with E-state index in [4.69, 9.17) is 0 Å². The van der Waals surface area contributed by atoms with E-state index in [2.05, 4.69) is 15.6 Å². The van der Waals surface area contributed by atoms with E-state index in [1.807, 2.05) is 18.3 Å². The summed E-state index contributed by atoms with van der Waals surface area (Å²) >= 11 is 0. The van der Waals surface area contributed by atoms with Gasteiger partial charge in [0.05, 0.1) is 0 Å². The molecule has 20 heavy (non-hydrogen) atoms. The molecule has 0 saturated heterocycles. The minimum atomic E-state index is -0.0283. The average molecular weight is 275 g/mol. The number of urea groups is 1. The van der Waals surface area contributed by atoms with E-state index in [0.29, 0.717) is 12.6 Å². The maximum atomic E-state index is 11.9. The lowest BCUT2D eigenvalue weighted by Crippen LogP contribution is -2.43. The van der Waals surface area contributed by atoms with Gasteiger partial charge in [0.25, 0.3) is 0 Å². The second kappa shape index (κ2) is 8.56. The lowest BCUT2D eigenvalue weighted by atomic mass is 9.97. The van der Waals surface area contributed by atoms with E-state index in [0.717, 1.165) is 24.8 Å². The molecule has 0 radical (unpaired) electrons. The van der Waals surface area contributed by atoms with Crippen molar-refractivity contribution in [3.63, 3.8) is 0 Å². The second-order valence-electron chi connectivity index (χ2n) is 5.55. The van der Waals surface area contributed by atoms with Crippen LogP contribution >= 0.6 is 0 Å². The van der Waals surface area contributed by atoms with Crippen LogP contribution in [-0.2, 0) is 6.42 Å². The Bertz CT molecular complexity index is 386. The lowest BCUT2D eigenvalue weighted by Gasteiger charge is -2.21. The lowest BCUT2D eigenvalue weighted by molar-refractivity contribution is 0.234. The molecule has 1 heterocycles. The number of nitrogens with zero attached hydrogens (tertiary/aromatic N) is 1. The predicted octanol–water partition coefficient (Wildman–Crippen LogP) is 3.04. The molecule has 1 aromatic rings. The molecule has 0 unspecified atom stereocenters. The summed E-state index contributed by atoms with van der Waals surface area (Å²) in [5, 5.41) is 6.04. The molecular formula is C16H25N3O. The molecule has 0 aromatic carbocycles. The molecule has 1 fully saturated rings. The molecule has 1 saturated carbocycles. The Kier molecular flexibility index (Phi) is 6.35. The third-order valence-electron chi connectivity index (χ3n) is 3.86. The van der Waals surface area contributed by atoms with Crippen molar-refractivity contribution in [1.29, 1.82) is 0 Å². The van der Waals surface area contributed by atoms with Crippen LogP contribution in [0.15, 0.2) is 24.5 Å². The van der Waals surface area contributed by atoms with Gasteiger partial charge in [0, 0.05) is 25.0 Å². The minimum Gasteiger partial charge on any atom is -0.338 e. The Morgan fingerprint density at radius 2 is 1.95 bits per heavy atom. The van der Waals surface area contributed by atoms with E-state index in [1.54, 1.807) is 6.20 Å². The molecule has 4 heteroatoms. The van der Waals surface area contributed by atoms with Crippen molar-refractivity contribution in [3.8, 4) is 0 Å². The molecule has 1 aliphatic carbocycles. The third kappa shape index (κ3) is 5.59. The Morgan fingerprint density at radius 3 is 2.65 bits per heavy atom. The van der Waals surface area contributed by atoms with Crippen LogP contribution < -0.4 is 10.6 Å². The average Bonchev–Trinajstić information content (AvgIpc) is 2.43. The molecule has 1 aliphatic rings. The molecular weight excluding hydrogens is 250 g/mol. The van der Waals surface area contributed by atoms with Gasteiger partial charge in [-0.3, -0.25) is 4.98 Å². The van der Waals surface area contributed by atoms with E-state index < -0.39 is 0 Å². The van der Waals surface area contributed by atoms with Gasteiger partial charge in [-0.15, -0.1) is 0 Å². The van der Waals surface area contributed by atoms with E-state index in [-0.39, 0.29) is 6.03 Å². The van der Waals surface area contributed by atoms with Crippen LogP contribution in [0.25, 0.3) is 0 Å². The van der Waals surface area contributed by atoms with Crippen molar-refractivity contribution in [3.05, 3.63) is 30.1 Å². The fourth-order valence-electron chi connectivity index (χ4n) is 2.70. The monoisotopic (exact) mass is 275 g/mol. The second-order valence-corrected chi connectivity index (χ2v) is 5.55. The molecule has 2 N–H and O–H groups in total. The van der Waals surface area contributed by atoms with Crippen LogP contribution in [0.1, 0.15) is 50.5 Å². The third-order valence-corrected chi connectivity index (χ3v) is 3.86. The highest BCUT2D eigenvalue weighted by atomic mass is 16.2. The first-order valence-electron chi connectivity index (χ1n) is 7.78. The highest BCUT2D eigenvalue weighted by Crippen LogP contribution is 2.16. The molecule has 2 amide bonds. The summed E-state index contributed by atoms with van der Waals surface area (Å²) in [7, 11) is 0. The number of hydrogen-bond acceptors (Lipinski definition) is 2. The summed E-state index contributed by atoms with van der Waals surface area (Å²) in [5.41, 5.74) is 1.15. The van der Waals surface area contributed by atoms with Gasteiger partial charge < -0.3 is 10.6 Å². The SMILES string of the molecule is O=C(NCCc1cccnc1)NC1CCCCCCC1. The Balaban J connectivity index is 1.64. The van der Waals surface area contributed by atoms with Gasteiger partial charge in [-0.05, 0) is 30.9 Å². The van der Waals surface area contributed by atoms with E-state index in [1.165, 1.54) is 32.1 Å². The maximum Gasteiger partial charge on any atom is 0.315 e. The van der Waals surface area contributed by atoms with Crippen LogP contribution in [0.5, 0.6) is 0 Å². The van der Waals surface area contributed by atoms with Gasteiger partial charge in [-0.1, -0.05) is 38.2 Å². The summed E-state index contributed by atoms with van der Waals surface area (Å²) in [6.45, 7) is 0.657. The number of hydrogen-bond donors (Lipinski definition) is 2. The van der Waals surface area contributed by atoms with Gasteiger partial charge in [-0.2, -0.15) is 0 Å². The molecule has 2 rings (SSSR count). The van der Waals surface area contributed by atoms with Crippen LogP contribution in [0.3, 0.4) is 0 Å².